The maximum absolute atomic E-state index is 14.6. The molecule has 0 aliphatic rings. The van der Waals surface area contributed by atoms with Gasteiger partial charge in [-0.1, -0.05) is 12.0 Å². The summed E-state index contributed by atoms with van der Waals surface area (Å²) < 4.78 is 127. The van der Waals surface area contributed by atoms with Gasteiger partial charge in [0.25, 0.3) is 0 Å². The van der Waals surface area contributed by atoms with E-state index in [4.69, 9.17) is 0 Å². The molecule has 0 bridgehead atoms. The summed E-state index contributed by atoms with van der Waals surface area (Å²) in [7, 11) is 0. The predicted molar refractivity (Wildman–Crippen MR) is 106 cm³/mol. The Morgan fingerprint density at radius 3 is 2.12 bits per heavy atom. The lowest BCUT2D eigenvalue weighted by Gasteiger charge is -2.20. The number of aryl methyl sites for hydroxylation is 1. The van der Waals surface area contributed by atoms with Crippen LogP contribution in [0.15, 0.2) is 49.1 Å². The van der Waals surface area contributed by atoms with Crippen LogP contribution in [0.3, 0.4) is 0 Å². The first-order valence-electron chi connectivity index (χ1n) is 9.50. The Balaban J connectivity index is 1.97. The Morgan fingerprint density at radius 2 is 1.53 bits per heavy atom. The van der Waals surface area contributed by atoms with E-state index >= 15 is 0 Å². The second kappa shape index (κ2) is 9.33. The van der Waals surface area contributed by atoms with Crippen LogP contribution in [0.4, 0.5) is 39.5 Å². The van der Waals surface area contributed by atoms with Crippen molar-refractivity contribution in [1.29, 1.82) is 0 Å². The summed E-state index contributed by atoms with van der Waals surface area (Å²) in [6.45, 7) is 3.45. The number of alkyl halides is 5. The van der Waals surface area contributed by atoms with Gasteiger partial charge in [-0.05, 0) is 60.2 Å². The lowest BCUT2D eigenvalue weighted by molar-refractivity contribution is -0.189. The van der Waals surface area contributed by atoms with Gasteiger partial charge in [-0.2, -0.15) is 22.0 Å². The number of fused-ring (bicyclic) bond motifs is 1. The highest BCUT2D eigenvalue weighted by atomic mass is 19.4. The molecular formula is C24H13F9O. The van der Waals surface area contributed by atoms with Crippen LogP contribution in [0.1, 0.15) is 23.1 Å². The molecule has 0 aliphatic carbocycles. The predicted octanol–water partition coefficient (Wildman–Crippen LogP) is 7.56. The summed E-state index contributed by atoms with van der Waals surface area (Å²) in [5.74, 6) is -4.66. The zero-order valence-corrected chi connectivity index (χ0v) is 17.0. The van der Waals surface area contributed by atoms with Crippen molar-refractivity contribution in [3.8, 4) is 17.6 Å². The molecular weight excluding hydrogens is 475 g/mol. The summed E-state index contributed by atoms with van der Waals surface area (Å²) >= 11 is 0. The first-order valence-corrected chi connectivity index (χ1v) is 9.50. The average molecular weight is 488 g/mol. The summed E-state index contributed by atoms with van der Waals surface area (Å²) in [5.41, 5.74) is -2.70. The number of halogens is 9. The third-order valence-electron chi connectivity index (χ3n) is 4.61. The third-order valence-corrected chi connectivity index (χ3v) is 4.61. The molecule has 0 spiro atoms. The zero-order valence-electron chi connectivity index (χ0n) is 17.0. The Kier molecular flexibility index (Phi) is 6.87. The molecule has 0 fully saturated rings. The number of ether oxygens (including phenoxy) is 1. The lowest BCUT2D eigenvalue weighted by atomic mass is 10.0. The van der Waals surface area contributed by atoms with E-state index in [9.17, 15) is 39.5 Å². The van der Waals surface area contributed by atoms with Gasteiger partial charge < -0.3 is 4.74 Å². The van der Waals surface area contributed by atoms with E-state index < -0.39 is 57.8 Å². The van der Waals surface area contributed by atoms with Crippen molar-refractivity contribution in [3.63, 3.8) is 0 Å². The minimum absolute atomic E-state index is 0.121. The lowest BCUT2D eigenvalue weighted by Crippen LogP contribution is -2.25. The van der Waals surface area contributed by atoms with Crippen LogP contribution in [-0.2, 0) is 12.5 Å². The van der Waals surface area contributed by atoms with Crippen LogP contribution in [0.5, 0.6) is 5.75 Å². The SMILES string of the molecule is C=CCCc1cc(F)c(C(F)(F)Oc2ccc3c(F)c(C#CC(F)(F)F)c(F)cc3c2)c(F)c1. The molecule has 0 unspecified atom stereocenters. The first-order chi connectivity index (χ1) is 15.8. The molecule has 0 N–H and O–H groups in total. The van der Waals surface area contributed by atoms with Crippen molar-refractivity contribution in [2.75, 3.05) is 0 Å². The fourth-order valence-electron chi connectivity index (χ4n) is 3.14. The van der Waals surface area contributed by atoms with Crippen molar-refractivity contribution in [3.05, 3.63) is 89.0 Å². The van der Waals surface area contributed by atoms with Crippen LogP contribution in [0, 0.1) is 35.1 Å². The standard InChI is InChI=1S/C24H13F9O/c1-2-3-4-13-9-19(26)21(20(27)10-13)24(32,33)34-15-5-6-16-14(11-15)12-18(25)17(22(16)28)7-8-23(29,30)31/h2,5-6,9-12H,1,3-4H2. The Labute approximate surface area is 187 Å². The fourth-order valence-corrected chi connectivity index (χ4v) is 3.14. The molecule has 3 aromatic carbocycles. The van der Waals surface area contributed by atoms with Crippen LogP contribution >= 0.6 is 0 Å². The van der Waals surface area contributed by atoms with Gasteiger partial charge >= 0.3 is 12.3 Å². The van der Waals surface area contributed by atoms with Gasteiger partial charge in [-0.3, -0.25) is 0 Å². The minimum Gasteiger partial charge on any atom is -0.429 e. The Bertz CT molecular complexity index is 1290. The molecule has 0 saturated carbocycles. The van der Waals surface area contributed by atoms with E-state index in [0.29, 0.717) is 12.5 Å². The molecule has 0 radical (unpaired) electrons. The number of hydrogen-bond acceptors (Lipinski definition) is 1. The van der Waals surface area contributed by atoms with Crippen LogP contribution < -0.4 is 4.74 Å². The minimum atomic E-state index is -4.99. The molecule has 0 atom stereocenters. The van der Waals surface area contributed by atoms with E-state index in [0.717, 1.165) is 36.3 Å². The summed E-state index contributed by atoms with van der Waals surface area (Å²) in [4.78, 5) is 0. The zero-order chi connectivity index (χ0) is 25.3. The number of allylic oxidation sites excluding steroid dienone is 1. The van der Waals surface area contributed by atoms with E-state index in [2.05, 4.69) is 11.3 Å². The maximum atomic E-state index is 14.6. The van der Waals surface area contributed by atoms with Gasteiger partial charge in [0, 0.05) is 11.3 Å². The highest BCUT2D eigenvalue weighted by Crippen LogP contribution is 2.37. The molecule has 0 amide bonds. The molecule has 178 valence electrons. The van der Waals surface area contributed by atoms with Crippen LogP contribution in [-0.4, -0.2) is 6.18 Å². The van der Waals surface area contributed by atoms with Crippen molar-refractivity contribution < 1.29 is 44.3 Å². The number of benzene rings is 3. The highest BCUT2D eigenvalue weighted by molar-refractivity contribution is 5.86. The van der Waals surface area contributed by atoms with Crippen molar-refractivity contribution in [2.45, 2.75) is 25.1 Å². The van der Waals surface area contributed by atoms with E-state index in [1.54, 1.807) is 0 Å². The van der Waals surface area contributed by atoms with Crippen LogP contribution in [0.2, 0.25) is 0 Å². The van der Waals surface area contributed by atoms with Gasteiger partial charge in [0.2, 0.25) is 0 Å². The molecule has 10 heteroatoms. The maximum Gasteiger partial charge on any atom is 0.458 e. The van der Waals surface area contributed by atoms with Gasteiger partial charge in [0.1, 0.15) is 34.6 Å². The van der Waals surface area contributed by atoms with E-state index in [-0.39, 0.29) is 17.4 Å². The third kappa shape index (κ3) is 5.47. The molecule has 34 heavy (non-hydrogen) atoms. The fraction of sp³-hybridized carbons (Fsp3) is 0.167. The normalized spacial score (nSPS) is 11.8. The van der Waals surface area contributed by atoms with Crippen molar-refractivity contribution in [1.82, 2.24) is 0 Å². The molecule has 0 aromatic heterocycles. The van der Waals surface area contributed by atoms with Gasteiger partial charge in [-0.15, -0.1) is 6.58 Å². The second-order valence-corrected chi connectivity index (χ2v) is 7.06. The second-order valence-electron chi connectivity index (χ2n) is 7.06. The molecule has 3 rings (SSSR count). The van der Waals surface area contributed by atoms with Crippen LogP contribution in [0.25, 0.3) is 10.8 Å². The highest BCUT2D eigenvalue weighted by Gasteiger charge is 2.41. The van der Waals surface area contributed by atoms with E-state index in [1.807, 2.05) is 0 Å². The summed E-state index contributed by atoms with van der Waals surface area (Å²) in [6.07, 6.45) is -7.49. The van der Waals surface area contributed by atoms with Gasteiger partial charge in [0.05, 0.1) is 5.56 Å². The monoisotopic (exact) mass is 488 g/mol. The van der Waals surface area contributed by atoms with Gasteiger partial charge in [-0.25, -0.2) is 17.6 Å². The van der Waals surface area contributed by atoms with E-state index in [1.165, 1.54) is 12.0 Å². The molecule has 0 aliphatic heterocycles. The Morgan fingerprint density at radius 1 is 0.882 bits per heavy atom. The van der Waals surface area contributed by atoms with Crippen molar-refractivity contribution in [2.24, 2.45) is 0 Å². The molecule has 1 nitrogen and oxygen atoms in total. The Hall–Kier alpha value is -3.61. The summed E-state index contributed by atoms with van der Waals surface area (Å²) in [5, 5.41) is -0.797. The smallest absolute Gasteiger partial charge is 0.429 e. The quantitative estimate of drug-likeness (QED) is 0.198. The largest absolute Gasteiger partial charge is 0.458 e. The van der Waals surface area contributed by atoms with Crippen molar-refractivity contribution >= 4 is 10.8 Å². The average Bonchev–Trinajstić information content (AvgIpc) is 2.70. The molecule has 0 saturated heterocycles. The number of rotatable bonds is 6. The summed E-state index contributed by atoms with van der Waals surface area (Å²) in [6, 6.07) is 4.39. The topological polar surface area (TPSA) is 9.23 Å². The number of hydrogen-bond donors (Lipinski definition) is 0. The molecule has 3 aromatic rings. The van der Waals surface area contributed by atoms with Gasteiger partial charge in [0.15, 0.2) is 0 Å². The first kappa shape index (κ1) is 25.0. The molecule has 0 heterocycles.